The van der Waals surface area contributed by atoms with Crippen LogP contribution in [0.5, 0.6) is 0 Å². The van der Waals surface area contributed by atoms with Gasteiger partial charge in [-0.25, -0.2) is 0 Å². The van der Waals surface area contributed by atoms with Crippen LogP contribution in [0.3, 0.4) is 0 Å². The van der Waals surface area contributed by atoms with Crippen LogP contribution in [0.25, 0.3) is 0 Å². The van der Waals surface area contributed by atoms with Gasteiger partial charge in [0, 0.05) is 13.0 Å². The molecule has 1 aromatic rings. The van der Waals surface area contributed by atoms with Gasteiger partial charge in [0.25, 0.3) is 0 Å². The van der Waals surface area contributed by atoms with E-state index in [0.717, 1.165) is 6.42 Å². The van der Waals surface area contributed by atoms with Crippen molar-refractivity contribution < 1.29 is 9.90 Å². The third kappa shape index (κ3) is 5.00. The Kier molecular flexibility index (Phi) is 5.70. The maximum atomic E-state index is 11.4. The van der Waals surface area contributed by atoms with Crippen LogP contribution < -0.4 is 5.32 Å². The van der Waals surface area contributed by atoms with Crippen LogP contribution in [0.2, 0.25) is 0 Å². The second kappa shape index (κ2) is 7.07. The summed E-state index contributed by atoms with van der Waals surface area (Å²) in [4.78, 5) is 11.4. The van der Waals surface area contributed by atoms with Crippen molar-refractivity contribution in [3.8, 4) is 0 Å². The van der Waals surface area contributed by atoms with Crippen molar-refractivity contribution in [3.05, 3.63) is 35.4 Å². The van der Waals surface area contributed by atoms with Gasteiger partial charge < -0.3 is 10.4 Å². The molecule has 0 unspecified atom stereocenters. The highest BCUT2D eigenvalue weighted by Gasteiger charge is 2.03. The van der Waals surface area contributed by atoms with E-state index in [4.69, 9.17) is 5.11 Å². The number of carbonyl (C=O) groups excluding carboxylic acids is 1. The molecule has 0 radical (unpaired) electrons. The molecular formula is C14H21NO2. The van der Waals surface area contributed by atoms with Gasteiger partial charge in [-0.1, -0.05) is 38.1 Å². The molecule has 0 heterocycles. The third-order valence-electron chi connectivity index (χ3n) is 2.69. The molecule has 94 valence electrons. The lowest BCUT2D eigenvalue weighted by molar-refractivity contribution is -0.121. The molecule has 0 aliphatic rings. The van der Waals surface area contributed by atoms with Crippen molar-refractivity contribution in [3.63, 3.8) is 0 Å². The van der Waals surface area contributed by atoms with Gasteiger partial charge in [-0.3, -0.25) is 4.79 Å². The fraction of sp³-hybridized carbons (Fsp3) is 0.500. The molecule has 0 saturated heterocycles. The van der Waals surface area contributed by atoms with E-state index < -0.39 is 0 Å². The van der Waals surface area contributed by atoms with Gasteiger partial charge in [0.2, 0.25) is 5.91 Å². The Morgan fingerprint density at radius 3 is 2.82 bits per heavy atom. The van der Waals surface area contributed by atoms with Crippen molar-refractivity contribution in [1.29, 1.82) is 0 Å². The Morgan fingerprint density at radius 2 is 2.18 bits per heavy atom. The van der Waals surface area contributed by atoms with E-state index in [1.807, 2.05) is 12.1 Å². The van der Waals surface area contributed by atoms with Crippen molar-refractivity contribution in [2.45, 2.75) is 32.6 Å². The van der Waals surface area contributed by atoms with Gasteiger partial charge in [0.05, 0.1) is 6.61 Å². The first-order chi connectivity index (χ1) is 8.13. The van der Waals surface area contributed by atoms with Gasteiger partial charge in [-0.05, 0) is 23.5 Å². The number of aliphatic hydroxyl groups excluding tert-OH is 1. The highest BCUT2D eigenvalue weighted by Crippen LogP contribution is 2.16. The lowest BCUT2D eigenvalue weighted by Crippen LogP contribution is -2.26. The first-order valence-corrected chi connectivity index (χ1v) is 6.10. The number of rotatable bonds is 6. The van der Waals surface area contributed by atoms with Crippen LogP contribution in [0.15, 0.2) is 24.3 Å². The molecule has 0 saturated carbocycles. The number of benzene rings is 1. The van der Waals surface area contributed by atoms with Crippen LogP contribution in [0.4, 0.5) is 0 Å². The minimum atomic E-state index is -0.00556. The Balaban J connectivity index is 2.46. The molecule has 3 nitrogen and oxygen atoms in total. The smallest absolute Gasteiger partial charge is 0.220 e. The van der Waals surface area contributed by atoms with Gasteiger partial charge in [0.15, 0.2) is 0 Å². The molecule has 0 atom stereocenters. The summed E-state index contributed by atoms with van der Waals surface area (Å²) < 4.78 is 0. The fourth-order valence-corrected chi connectivity index (χ4v) is 1.65. The van der Waals surface area contributed by atoms with Crippen molar-refractivity contribution in [1.82, 2.24) is 5.32 Å². The van der Waals surface area contributed by atoms with Gasteiger partial charge >= 0.3 is 0 Å². The van der Waals surface area contributed by atoms with Crippen molar-refractivity contribution in [2.24, 2.45) is 0 Å². The molecule has 0 aliphatic heterocycles. The molecule has 1 aromatic carbocycles. The number of aliphatic hydroxyl groups is 1. The predicted octanol–water partition coefficient (Wildman–Crippen LogP) is 1.85. The summed E-state index contributed by atoms with van der Waals surface area (Å²) in [6, 6.07) is 8.35. The lowest BCUT2D eigenvalue weighted by atomic mass is 9.99. The van der Waals surface area contributed by atoms with E-state index >= 15 is 0 Å². The number of aryl methyl sites for hydroxylation is 1. The molecular weight excluding hydrogens is 214 g/mol. The first kappa shape index (κ1) is 13.7. The molecule has 17 heavy (non-hydrogen) atoms. The SMILES string of the molecule is CC(C)c1cccc(CCC(=O)NCCO)c1. The fourth-order valence-electron chi connectivity index (χ4n) is 1.65. The number of carbonyl (C=O) groups is 1. The van der Waals surface area contributed by atoms with E-state index in [9.17, 15) is 4.79 Å². The number of hydrogen-bond donors (Lipinski definition) is 2. The van der Waals surface area contributed by atoms with E-state index in [1.165, 1.54) is 11.1 Å². The molecule has 0 bridgehead atoms. The summed E-state index contributed by atoms with van der Waals surface area (Å²) in [5.74, 6) is 0.507. The van der Waals surface area contributed by atoms with E-state index in [2.05, 4.69) is 31.3 Å². The Hall–Kier alpha value is -1.35. The normalized spacial score (nSPS) is 10.6. The molecule has 0 aliphatic carbocycles. The average molecular weight is 235 g/mol. The third-order valence-corrected chi connectivity index (χ3v) is 2.69. The number of amides is 1. The largest absolute Gasteiger partial charge is 0.395 e. The topological polar surface area (TPSA) is 49.3 Å². The van der Waals surface area contributed by atoms with Gasteiger partial charge in [-0.15, -0.1) is 0 Å². The van der Waals surface area contributed by atoms with E-state index in [1.54, 1.807) is 0 Å². The molecule has 1 rings (SSSR count). The lowest BCUT2D eigenvalue weighted by Gasteiger charge is -2.08. The standard InChI is InChI=1S/C14H21NO2/c1-11(2)13-5-3-4-12(10-13)6-7-14(17)15-8-9-16/h3-5,10-11,16H,6-9H2,1-2H3,(H,15,17). The molecule has 2 N–H and O–H groups in total. The minimum absolute atomic E-state index is 0.00538. The molecule has 0 aromatic heterocycles. The molecule has 0 spiro atoms. The van der Waals surface area contributed by atoms with Crippen LogP contribution >= 0.6 is 0 Å². The van der Waals surface area contributed by atoms with E-state index in [-0.39, 0.29) is 12.5 Å². The molecule has 3 heteroatoms. The monoisotopic (exact) mass is 235 g/mol. The zero-order valence-corrected chi connectivity index (χ0v) is 10.6. The van der Waals surface area contributed by atoms with Crippen LogP contribution in [0.1, 0.15) is 37.3 Å². The van der Waals surface area contributed by atoms with Gasteiger partial charge in [-0.2, -0.15) is 0 Å². The Labute approximate surface area is 103 Å². The van der Waals surface area contributed by atoms with E-state index in [0.29, 0.717) is 18.9 Å². The van der Waals surface area contributed by atoms with Crippen LogP contribution in [0, 0.1) is 0 Å². The summed E-state index contributed by atoms with van der Waals surface area (Å²) >= 11 is 0. The number of hydrogen-bond acceptors (Lipinski definition) is 2. The first-order valence-electron chi connectivity index (χ1n) is 6.10. The maximum Gasteiger partial charge on any atom is 0.220 e. The van der Waals surface area contributed by atoms with Crippen molar-refractivity contribution in [2.75, 3.05) is 13.2 Å². The minimum Gasteiger partial charge on any atom is -0.395 e. The van der Waals surface area contributed by atoms with Crippen LogP contribution in [-0.4, -0.2) is 24.2 Å². The van der Waals surface area contributed by atoms with Gasteiger partial charge in [0.1, 0.15) is 0 Å². The highest BCUT2D eigenvalue weighted by atomic mass is 16.3. The quantitative estimate of drug-likeness (QED) is 0.790. The molecule has 1 amide bonds. The predicted molar refractivity (Wildman–Crippen MR) is 68.9 cm³/mol. The second-order valence-corrected chi connectivity index (χ2v) is 4.47. The van der Waals surface area contributed by atoms with Crippen molar-refractivity contribution >= 4 is 5.91 Å². The summed E-state index contributed by atoms with van der Waals surface area (Å²) in [5.41, 5.74) is 2.49. The highest BCUT2D eigenvalue weighted by molar-refractivity contribution is 5.76. The van der Waals surface area contributed by atoms with Crippen LogP contribution in [-0.2, 0) is 11.2 Å². The second-order valence-electron chi connectivity index (χ2n) is 4.47. The maximum absolute atomic E-state index is 11.4. The summed E-state index contributed by atoms with van der Waals surface area (Å²) in [5, 5.41) is 11.2. The zero-order chi connectivity index (χ0) is 12.7. The summed E-state index contributed by atoms with van der Waals surface area (Å²) in [7, 11) is 0. The summed E-state index contributed by atoms with van der Waals surface area (Å²) in [6.07, 6.45) is 1.22. The summed E-state index contributed by atoms with van der Waals surface area (Å²) in [6.45, 7) is 4.65. The Morgan fingerprint density at radius 1 is 1.41 bits per heavy atom. The zero-order valence-electron chi connectivity index (χ0n) is 10.6. The number of nitrogens with one attached hydrogen (secondary N) is 1. The average Bonchev–Trinajstić information content (AvgIpc) is 2.34. The molecule has 0 fully saturated rings. The Bertz CT molecular complexity index is 361.